The molecule has 0 fully saturated rings. The molecule has 55 valence electrons. The molecule has 5 heteroatoms. The second kappa shape index (κ2) is 3.15. The van der Waals surface area contributed by atoms with Crippen LogP contribution in [-0.4, -0.2) is 10.8 Å². The lowest BCUT2D eigenvalue weighted by Gasteiger charge is -1.93. The lowest BCUT2D eigenvalue weighted by Crippen LogP contribution is -2.07. The number of hydrogen-bond donors (Lipinski definition) is 0. The summed E-state index contributed by atoms with van der Waals surface area (Å²) in [6, 6.07) is 5.70. The molecule has 0 bridgehead atoms. The molecular formula is C6H4N3S2. The molecule has 0 aliphatic carbocycles. The molecule has 11 heavy (non-hydrogen) atoms. The zero-order valence-electron chi connectivity index (χ0n) is 5.47. The molecular weight excluding hydrogens is 178 g/mol. The number of aromatic nitrogens is 1. The van der Waals surface area contributed by atoms with E-state index in [4.69, 9.17) is 0 Å². The Morgan fingerprint density at radius 3 is 2.82 bits per heavy atom. The van der Waals surface area contributed by atoms with Crippen molar-refractivity contribution >= 4 is 27.8 Å². The van der Waals surface area contributed by atoms with Crippen LogP contribution >= 0.6 is 22.0 Å². The van der Waals surface area contributed by atoms with Crippen LogP contribution in [0.5, 0.6) is 0 Å². The van der Waals surface area contributed by atoms with Crippen LogP contribution in [0, 0.1) is 0 Å². The Balaban J connectivity index is 2.29. The van der Waals surface area contributed by atoms with Gasteiger partial charge in [0.05, 0.1) is 22.0 Å². The largest absolute Gasteiger partial charge is 0.253 e. The summed E-state index contributed by atoms with van der Waals surface area (Å²) in [5.74, 6) is 0.723. The van der Waals surface area contributed by atoms with Crippen molar-refractivity contribution in [2.24, 2.45) is 4.40 Å². The summed E-state index contributed by atoms with van der Waals surface area (Å²) >= 11 is 0. The highest BCUT2D eigenvalue weighted by Gasteiger charge is 2.11. The van der Waals surface area contributed by atoms with Gasteiger partial charge in [-0.3, -0.25) is 4.98 Å². The number of rotatable bonds is 1. The Hall–Kier alpha value is -0.680. The first kappa shape index (κ1) is 7.00. The molecule has 0 unspecified atom stereocenters. The third-order valence-corrected chi connectivity index (χ3v) is 2.38. The van der Waals surface area contributed by atoms with Crippen LogP contribution in [0.2, 0.25) is 0 Å². The van der Waals surface area contributed by atoms with Crippen LogP contribution < -0.4 is 4.72 Å². The Kier molecular flexibility index (Phi) is 2.00. The number of amidine groups is 1. The van der Waals surface area contributed by atoms with Crippen LogP contribution in [-0.2, 0) is 0 Å². The normalized spacial score (nSPS) is 15.8. The summed E-state index contributed by atoms with van der Waals surface area (Å²) in [5, 5.41) is 0. The van der Waals surface area contributed by atoms with E-state index in [1.54, 1.807) is 6.20 Å². The predicted octanol–water partition coefficient (Wildman–Crippen LogP) is 1.66. The molecule has 1 aliphatic rings. The molecule has 3 nitrogen and oxygen atoms in total. The maximum absolute atomic E-state index is 4.11. The van der Waals surface area contributed by atoms with Gasteiger partial charge in [0.2, 0.25) is 0 Å². The minimum absolute atomic E-state index is 0.723. The van der Waals surface area contributed by atoms with Gasteiger partial charge in [-0.2, -0.15) is 9.12 Å². The van der Waals surface area contributed by atoms with E-state index in [9.17, 15) is 0 Å². The molecule has 1 aromatic rings. The fourth-order valence-electron chi connectivity index (χ4n) is 0.709. The first-order valence-electron chi connectivity index (χ1n) is 3.00. The Labute approximate surface area is 72.4 Å². The highest BCUT2D eigenvalue weighted by Crippen LogP contribution is 2.27. The highest BCUT2D eigenvalue weighted by molar-refractivity contribution is 8.76. The van der Waals surface area contributed by atoms with Crippen molar-refractivity contribution < 1.29 is 0 Å². The first-order valence-corrected chi connectivity index (χ1v) is 5.06. The van der Waals surface area contributed by atoms with Crippen LogP contribution in [0.25, 0.3) is 0 Å². The summed E-state index contributed by atoms with van der Waals surface area (Å²) in [7, 11) is 2.75. The van der Waals surface area contributed by atoms with Gasteiger partial charge in [0, 0.05) is 6.20 Å². The monoisotopic (exact) mass is 182 g/mol. The molecule has 0 atom stereocenters. The average Bonchev–Trinajstić information content (AvgIpc) is 2.58. The van der Waals surface area contributed by atoms with E-state index in [0.717, 1.165) is 11.5 Å². The van der Waals surface area contributed by atoms with Crippen molar-refractivity contribution in [3.8, 4) is 0 Å². The molecule has 1 aromatic heterocycles. The van der Waals surface area contributed by atoms with Gasteiger partial charge in [0.15, 0.2) is 5.84 Å². The first-order chi connectivity index (χ1) is 5.47. The fourth-order valence-corrected chi connectivity index (χ4v) is 1.86. The third-order valence-electron chi connectivity index (χ3n) is 1.17. The SMILES string of the molecule is c1ccc(C2=NSS[N]2)nc1. The topological polar surface area (TPSA) is 39.4 Å². The number of pyridine rings is 1. The Morgan fingerprint density at radius 2 is 2.18 bits per heavy atom. The molecule has 2 heterocycles. The van der Waals surface area contributed by atoms with Gasteiger partial charge in [-0.25, -0.2) is 0 Å². The van der Waals surface area contributed by atoms with Crippen molar-refractivity contribution in [2.45, 2.75) is 0 Å². The van der Waals surface area contributed by atoms with Crippen molar-refractivity contribution in [1.29, 1.82) is 0 Å². The van der Waals surface area contributed by atoms with Gasteiger partial charge in [-0.05, 0) is 12.1 Å². The standard InChI is InChI=1S/C6H4N3S2/c1-2-4-7-5(3-1)6-8-10-11-9-6/h1-4H. The molecule has 2 rings (SSSR count). The molecule has 0 aromatic carbocycles. The smallest absolute Gasteiger partial charge is 0.195 e. The van der Waals surface area contributed by atoms with Crippen LogP contribution in [0.1, 0.15) is 5.69 Å². The third kappa shape index (κ3) is 1.49. The lowest BCUT2D eigenvalue weighted by molar-refractivity contribution is 1.26. The van der Waals surface area contributed by atoms with Crippen molar-refractivity contribution in [3.05, 3.63) is 30.1 Å². The minimum Gasteiger partial charge on any atom is -0.253 e. The fraction of sp³-hybridized carbons (Fsp3) is 0. The predicted molar refractivity (Wildman–Crippen MR) is 48.1 cm³/mol. The second-order valence-electron chi connectivity index (χ2n) is 1.87. The van der Waals surface area contributed by atoms with E-state index in [1.807, 2.05) is 18.2 Å². The molecule has 0 saturated carbocycles. The minimum atomic E-state index is 0.723. The molecule has 0 amide bonds. The van der Waals surface area contributed by atoms with Crippen molar-refractivity contribution in [3.63, 3.8) is 0 Å². The number of nitrogens with zero attached hydrogens (tertiary/aromatic N) is 3. The molecule has 0 spiro atoms. The Morgan fingerprint density at radius 1 is 1.18 bits per heavy atom. The maximum Gasteiger partial charge on any atom is 0.195 e. The van der Waals surface area contributed by atoms with E-state index in [0.29, 0.717) is 0 Å². The van der Waals surface area contributed by atoms with Crippen LogP contribution in [0.4, 0.5) is 0 Å². The van der Waals surface area contributed by atoms with Gasteiger partial charge in [0.25, 0.3) is 0 Å². The zero-order valence-corrected chi connectivity index (χ0v) is 7.10. The quantitative estimate of drug-likeness (QED) is 0.490. The van der Waals surface area contributed by atoms with E-state index in [1.165, 1.54) is 22.0 Å². The molecule has 0 saturated heterocycles. The summed E-state index contributed by atoms with van der Waals surface area (Å²) in [5.41, 5.74) is 0.838. The summed E-state index contributed by atoms with van der Waals surface area (Å²) < 4.78 is 8.15. The van der Waals surface area contributed by atoms with Crippen molar-refractivity contribution in [1.82, 2.24) is 9.71 Å². The molecule has 1 radical (unpaired) electrons. The van der Waals surface area contributed by atoms with Gasteiger partial charge in [0.1, 0.15) is 5.69 Å². The average molecular weight is 182 g/mol. The maximum atomic E-state index is 4.11. The molecule has 1 aliphatic heterocycles. The second-order valence-corrected chi connectivity index (χ2v) is 3.43. The van der Waals surface area contributed by atoms with E-state index in [-0.39, 0.29) is 0 Å². The van der Waals surface area contributed by atoms with E-state index >= 15 is 0 Å². The lowest BCUT2D eigenvalue weighted by atomic mass is 10.3. The summed E-state index contributed by atoms with van der Waals surface area (Å²) in [6.45, 7) is 0. The summed E-state index contributed by atoms with van der Waals surface area (Å²) in [6.07, 6.45) is 1.74. The van der Waals surface area contributed by atoms with E-state index < -0.39 is 0 Å². The number of hydrogen-bond acceptors (Lipinski definition) is 4. The zero-order chi connectivity index (χ0) is 7.52. The van der Waals surface area contributed by atoms with Gasteiger partial charge >= 0.3 is 0 Å². The van der Waals surface area contributed by atoms with Crippen LogP contribution in [0.3, 0.4) is 0 Å². The van der Waals surface area contributed by atoms with E-state index in [2.05, 4.69) is 14.1 Å². The van der Waals surface area contributed by atoms with Crippen molar-refractivity contribution in [2.75, 3.05) is 0 Å². The van der Waals surface area contributed by atoms with Gasteiger partial charge in [-0.1, -0.05) is 6.07 Å². The summed E-state index contributed by atoms with van der Waals surface area (Å²) in [4.78, 5) is 4.11. The molecule has 0 N–H and O–H groups in total. The van der Waals surface area contributed by atoms with Gasteiger partial charge in [-0.15, -0.1) is 0 Å². The van der Waals surface area contributed by atoms with Gasteiger partial charge < -0.3 is 0 Å². The highest BCUT2D eigenvalue weighted by atomic mass is 33.1. The van der Waals surface area contributed by atoms with Crippen LogP contribution in [0.15, 0.2) is 28.8 Å². The Bertz CT molecular complexity index is 272.